The summed E-state index contributed by atoms with van der Waals surface area (Å²) in [5.74, 6) is 1.65. The molecule has 2 aliphatic heterocycles. The minimum Gasteiger partial charge on any atom is -0.393 e. The van der Waals surface area contributed by atoms with Crippen LogP contribution in [-0.2, 0) is 11.2 Å². The van der Waals surface area contributed by atoms with Gasteiger partial charge in [0.15, 0.2) is 5.65 Å². The summed E-state index contributed by atoms with van der Waals surface area (Å²) in [7, 11) is 0. The SMILES string of the molecule is CCc1c(C)nc2cc(C3CCOCC3)nn2c1N1CCC(O)CC1. The van der Waals surface area contributed by atoms with Crippen LogP contribution in [0.1, 0.15) is 55.5 Å². The van der Waals surface area contributed by atoms with E-state index in [4.69, 9.17) is 14.8 Å². The molecule has 6 nitrogen and oxygen atoms in total. The summed E-state index contributed by atoms with van der Waals surface area (Å²) >= 11 is 0. The normalized spacial score (nSPS) is 20.5. The molecule has 0 aromatic carbocycles. The number of piperidine rings is 1. The molecule has 0 bridgehead atoms. The highest BCUT2D eigenvalue weighted by molar-refractivity contribution is 5.58. The first-order valence-corrected chi connectivity index (χ1v) is 9.57. The monoisotopic (exact) mass is 344 g/mol. The number of aromatic nitrogens is 3. The summed E-state index contributed by atoms with van der Waals surface area (Å²) in [5.41, 5.74) is 4.44. The van der Waals surface area contributed by atoms with Gasteiger partial charge in [0.05, 0.1) is 11.8 Å². The van der Waals surface area contributed by atoms with Gasteiger partial charge >= 0.3 is 0 Å². The average molecular weight is 344 g/mol. The minimum absolute atomic E-state index is 0.171. The number of rotatable bonds is 3. The van der Waals surface area contributed by atoms with Gasteiger partial charge in [-0.1, -0.05) is 6.92 Å². The van der Waals surface area contributed by atoms with Crippen molar-refractivity contribution in [1.29, 1.82) is 0 Å². The van der Waals surface area contributed by atoms with Crippen LogP contribution in [0.2, 0.25) is 0 Å². The molecule has 0 saturated carbocycles. The number of fused-ring (bicyclic) bond motifs is 1. The Morgan fingerprint density at radius 1 is 1.20 bits per heavy atom. The molecular weight excluding hydrogens is 316 g/mol. The van der Waals surface area contributed by atoms with E-state index in [0.717, 1.165) is 75.4 Å². The van der Waals surface area contributed by atoms with Crippen LogP contribution < -0.4 is 4.90 Å². The van der Waals surface area contributed by atoms with Crippen molar-refractivity contribution in [3.05, 3.63) is 23.0 Å². The Morgan fingerprint density at radius 3 is 2.60 bits per heavy atom. The van der Waals surface area contributed by atoms with E-state index in [9.17, 15) is 5.11 Å². The van der Waals surface area contributed by atoms with E-state index in [0.29, 0.717) is 5.92 Å². The Bertz CT molecular complexity index is 743. The second-order valence-corrected chi connectivity index (χ2v) is 7.30. The average Bonchev–Trinajstić information content (AvgIpc) is 3.05. The van der Waals surface area contributed by atoms with Crippen molar-refractivity contribution in [2.45, 2.75) is 58.0 Å². The van der Waals surface area contributed by atoms with Crippen molar-refractivity contribution in [3.63, 3.8) is 0 Å². The molecular formula is C19H28N4O2. The second kappa shape index (κ2) is 6.92. The molecule has 1 N–H and O–H groups in total. The molecule has 0 aliphatic carbocycles. The highest BCUT2D eigenvalue weighted by Crippen LogP contribution is 2.31. The molecule has 0 amide bonds. The van der Waals surface area contributed by atoms with E-state index in [1.54, 1.807) is 0 Å². The fourth-order valence-corrected chi connectivity index (χ4v) is 4.16. The highest BCUT2D eigenvalue weighted by Gasteiger charge is 2.25. The Balaban J connectivity index is 1.78. The molecule has 0 spiro atoms. The van der Waals surface area contributed by atoms with Crippen LogP contribution in [0.15, 0.2) is 6.07 Å². The van der Waals surface area contributed by atoms with Gasteiger partial charge in [0.25, 0.3) is 0 Å². The van der Waals surface area contributed by atoms with E-state index in [1.807, 2.05) is 4.52 Å². The lowest BCUT2D eigenvalue weighted by atomic mass is 9.97. The van der Waals surface area contributed by atoms with Crippen LogP contribution in [0.4, 0.5) is 5.82 Å². The van der Waals surface area contributed by atoms with Gasteiger partial charge in [-0.2, -0.15) is 9.61 Å². The number of nitrogens with zero attached hydrogens (tertiary/aromatic N) is 4. The summed E-state index contributed by atoms with van der Waals surface area (Å²) < 4.78 is 7.55. The molecule has 2 aromatic rings. The van der Waals surface area contributed by atoms with Crippen LogP contribution in [-0.4, -0.2) is 52.1 Å². The molecule has 0 radical (unpaired) electrons. The first-order valence-electron chi connectivity index (χ1n) is 9.57. The number of aliphatic hydroxyl groups excluding tert-OH is 1. The number of ether oxygens (including phenoxy) is 1. The zero-order valence-electron chi connectivity index (χ0n) is 15.2. The van der Waals surface area contributed by atoms with Crippen LogP contribution in [0, 0.1) is 6.92 Å². The molecule has 0 unspecified atom stereocenters. The van der Waals surface area contributed by atoms with Crippen molar-refractivity contribution in [2.24, 2.45) is 0 Å². The van der Waals surface area contributed by atoms with Crippen molar-refractivity contribution < 1.29 is 9.84 Å². The lowest BCUT2D eigenvalue weighted by Crippen LogP contribution is -2.37. The molecule has 2 aromatic heterocycles. The van der Waals surface area contributed by atoms with Crippen molar-refractivity contribution in [3.8, 4) is 0 Å². The lowest BCUT2D eigenvalue weighted by Gasteiger charge is -2.33. The van der Waals surface area contributed by atoms with E-state index in [2.05, 4.69) is 24.8 Å². The largest absolute Gasteiger partial charge is 0.393 e. The van der Waals surface area contributed by atoms with Gasteiger partial charge < -0.3 is 14.7 Å². The molecule has 6 heteroatoms. The lowest BCUT2D eigenvalue weighted by molar-refractivity contribution is 0.0844. The minimum atomic E-state index is -0.171. The third kappa shape index (κ3) is 3.13. The second-order valence-electron chi connectivity index (χ2n) is 7.30. The van der Waals surface area contributed by atoms with Crippen LogP contribution >= 0.6 is 0 Å². The van der Waals surface area contributed by atoms with Gasteiger partial charge in [-0.3, -0.25) is 0 Å². The van der Waals surface area contributed by atoms with Crippen LogP contribution in [0.5, 0.6) is 0 Å². The van der Waals surface area contributed by atoms with Crippen molar-refractivity contribution in [2.75, 3.05) is 31.2 Å². The Labute approximate surface area is 148 Å². The number of aryl methyl sites for hydroxylation is 1. The Kier molecular flexibility index (Phi) is 4.65. The van der Waals surface area contributed by atoms with E-state index >= 15 is 0 Å². The molecule has 136 valence electrons. The first kappa shape index (κ1) is 16.8. The highest BCUT2D eigenvalue weighted by atomic mass is 16.5. The predicted molar refractivity (Wildman–Crippen MR) is 97.3 cm³/mol. The van der Waals surface area contributed by atoms with E-state index < -0.39 is 0 Å². The topological polar surface area (TPSA) is 62.9 Å². The Hall–Kier alpha value is -1.66. The summed E-state index contributed by atoms with van der Waals surface area (Å²) in [4.78, 5) is 7.21. The first-order chi connectivity index (χ1) is 12.2. The maximum Gasteiger partial charge on any atom is 0.157 e. The molecule has 2 aliphatic rings. The fraction of sp³-hybridized carbons (Fsp3) is 0.684. The molecule has 0 atom stereocenters. The summed E-state index contributed by atoms with van der Waals surface area (Å²) in [6.07, 6.45) is 4.48. The smallest absolute Gasteiger partial charge is 0.157 e. The molecule has 2 saturated heterocycles. The molecule has 4 heterocycles. The van der Waals surface area contributed by atoms with Gasteiger partial charge in [-0.15, -0.1) is 0 Å². The van der Waals surface area contributed by atoms with Gasteiger partial charge in [-0.05, 0) is 39.0 Å². The maximum atomic E-state index is 9.87. The number of aliphatic hydroxyl groups is 1. The van der Waals surface area contributed by atoms with E-state index in [1.165, 1.54) is 11.4 Å². The number of hydrogen-bond acceptors (Lipinski definition) is 5. The van der Waals surface area contributed by atoms with Gasteiger partial charge in [0.1, 0.15) is 5.82 Å². The van der Waals surface area contributed by atoms with Gasteiger partial charge in [-0.25, -0.2) is 4.98 Å². The standard InChI is InChI=1S/C19H28N4O2/c1-3-16-13(2)20-18-12-17(14-6-10-25-11-7-14)21-23(18)19(16)22-8-4-15(24)5-9-22/h12,14-15,24H,3-11H2,1-2H3. The van der Waals surface area contributed by atoms with Crippen LogP contribution in [0.25, 0.3) is 5.65 Å². The zero-order valence-corrected chi connectivity index (χ0v) is 15.2. The van der Waals surface area contributed by atoms with Crippen molar-refractivity contribution >= 4 is 11.5 Å². The number of anilines is 1. The molecule has 2 fully saturated rings. The van der Waals surface area contributed by atoms with Crippen molar-refractivity contribution in [1.82, 2.24) is 14.6 Å². The third-order valence-corrected chi connectivity index (χ3v) is 5.66. The summed E-state index contributed by atoms with van der Waals surface area (Å²) in [6, 6.07) is 2.16. The predicted octanol–water partition coefficient (Wildman–Crippen LogP) is 2.46. The zero-order chi connectivity index (χ0) is 17.4. The number of hydrogen-bond donors (Lipinski definition) is 1. The summed E-state index contributed by atoms with van der Waals surface area (Å²) in [5, 5.41) is 14.8. The fourth-order valence-electron chi connectivity index (χ4n) is 4.16. The molecule has 25 heavy (non-hydrogen) atoms. The van der Waals surface area contributed by atoms with Gasteiger partial charge in [0.2, 0.25) is 0 Å². The quantitative estimate of drug-likeness (QED) is 0.927. The van der Waals surface area contributed by atoms with E-state index in [-0.39, 0.29) is 6.10 Å². The molecule has 4 rings (SSSR count). The summed E-state index contributed by atoms with van der Waals surface area (Å²) in [6.45, 7) is 7.67. The third-order valence-electron chi connectivity index (χ3n) is 5.66. The van der Waals surface area contributed by atoms with Gasteiger partial charge in [0, 0.05) is 49.5 Å². The maximum absolute atomic E-state index is 9.87. The van der Waals surface area contributed by atoms with Crippen LogP contribution in [0.3, 0.4) is 0 Å². The Morgan fingerprint density at radius 2 is 1.92 bits per heavy atom.